The monoisotopic (exact) mass is 225 g/mol. The van der Waals surface area contributed by atoms with Crippen molar-refractivity contribution in [3.05, 3.63) is 28.4 Å². The quantitative estimate of drug-likeness (QED) is 0.701. The van der Waals surface area contributed by atoms with E-state index in [0.29, 0.717) is 11.8 Å². The highest BCUT2D eigenvalue weighted by molar-refractivity contribution is 9.10. The van der Waals surface area contributed by atoms with Crippen LogP contribution in [0.2, 0.25) is 0 Å². The van der Waals surface area contributed by atoms with E-state index in [1.54, 1.807) is 12.1 Å². The van der Waals surface area contributed by atoms with Crippen molar-refractivity contribution in [3.8, 4) is 0 Å². The second kappa shape index (κ2) is 2.71. The summed E-state index contributed by atoms with van der Waals surface area (Å²) in [6.07, 6.45) is 0.656. The van der Waals surface area contributed by atoms with Crippen LogP contribution in [0.1, 0.15) is 10.6 Å². The van der Waals surface area contributed by atoms with Crippen LogP contribution in [0.3, 0.4) is 0 Å². The van der Waals surface area contributed by atoms with Gasteiger partial charge in [0.1, 0.15) is 5.52 Å². The van der Waals surface area contributed by atoms with Crippen molar-refractivity contribution in [2.45, 2.75) is 0 Å². The summed E-state index contributed by atoms with van der Waals surface area (Å²) in [6.45, 7) is 0. The van der Waals surface area contributed by atoms with Crippen molar-refractivity contribution in [2.75, 3.05) is 0 Å². The van der Waals surface area contributed by atoms with E-state index in [0.717, 1.165) is 9.86 Å². The summed E-state index contributed by atoms with van der Waals surface area (Å²) in [4.78, 5) is 10.4. The van der Waals surface area contributed by atoms with Crippen LogP contribution in [-0.2, 0) is 0 Å². The first-order valence-corrected chi connectivity index (χ1v) is 4.10. The Balaban J connectivity index is 2.81. The van der Waals surface area contributed by atoms with Crippen LogP contribution < -0.4 is 0 Å². The molecule has 0 unspecified atom stereocenters. The zero-order valence-corrected chi connectivity index (χ0v) is 7.54. The summed E-state index contributed by atoms with van der Waals surface area (Å²) in [5.41, 5.74) is 0.687. The van der Waals surface area contributed by atoms with Crippen LogP contribution in [0.25, 0.3) is 10.9 Å². The van der Waals surface area contributed by atoms with Gasteiger partial charge >= 0.3 is 0 Å². The molecule has 1 aromatic carbocycles. The molecular formula is C8H4BrNO2. The number of aromatic nitrogens is 1. The standard InChI is InChI=1S/C8H4BrNO2/c9-5-1-2-6-7(3-5)10-12-8(6)4-11/h1-4H. The minimum absolute atomic E-state index is 0.275. The Morgan fingerprint density at radius 2 is 2.33 bits per heavy atom. The van der Waals surface area contributed by atoms with Gasteiger partial charge in [-0.05, 0) is 18.2 Å². The molecule has 2 aromatic rings. The predicted molar refractivity (Wildman–Crippen MR) is 47.1 cm³/mol. The van der Waals surface area contributed by atoms with Gasteiger partial charge < -0.3 is 4.52 Å². The molecule has 1 aromatic heterocycles. The Bertz CT molecular complexity index is 436. The highest BCUT2D eigenvalue weighted by Gasteiger charge is 2.05. The van der Waals surface area contributed by atoms with Crippen molar-refractivity contribution in [1.29, 1.82) is 0 Å². The lowest BCUT2D eigenvalue weighted by atomic mass is 10.2. The van der Waals surface area contributed by atoms with E-state index in [9.17, 15) is 4.79 Å². The summed E-state index contributed by atoms with van der Waals surface area (Å²) in [5.74, 6) is 0.275. The molecule has 0 spiro atoms. The molecule has 0 atom stereocenters. The molecule has 0 aliphatic heterocycles. The third kappa shape index (κ3) is 1.04. The Kier molecular flexibility index (Phi) is 1.69. The second-order valence-corrected chi connectivity index (χ2v) is 3.24. The normalized spacial score (nSPS) is 10.4. The molecule has 0 N–H and O–H groups in total. The molecule has 0 bridgehead atoms. The smallest absolute Gasteiger partial charge is 0.207 e. The predicted octanol–water partition coefficient (Wildman–Crippen LogP) is 2.40. The van der Waals surface area contributed by atoms with Gasteiger partial charge in [-0.2, -0.15) is 0 Å². The molecule has 0 saturated carbocycles. The molecule has 4 heteroatoms. The van der Waals surface area contributed by atoms with Crippen LogP contribution >= 0.6 is 15.9 Å². The fourth-order valence-corrected chi connectivity index (χ4v) is 1.37. The third-order valence-electron chi connectivity index (χ3n) is 1.57. The second-order valence-electron chi connectivity index (χ2n) is 2.33. The molecule has 3 nitrogen and oxygen atoms in total. The molecule has 0 fully saturated rings. The van der Waals surface area contributed by atoms with E-state index in [-0.39, 0.29) is 5.76 Å². The Morgan fingerprint density at radius 3 is 3.08 bits per heavy atom. The van der Waals surface area contributed by atoms with E-state index in [4.69, 9.17) is 4.52 Å². The Hall–Kier alpha value is -1.16. The number of carbonyl (C=O) groups is 1. The van der Waals surface area contributed by atoms with Gasteiger partial charge in [-0.25, -0.2) is 0 Å². The lowest BCUT2D eigenvalue weighted by Crippen LogP contribution is -1.73. The minimum Gasteiger partial charge on any atom is -0.352 e. The lowest BCUT2D eigenvalue weighted by molar-refractivity contribution is 0.109. The van der Waals surface area contributed by atoms with E-state index in [1.165, 1.54) is 0 Å². The largest absolute Gasteiger partial charge is 0.352 e. The van der Waals surface area contributed by atoms with Gasteiger partial charge in [-0.15, -0.1) is 0 Å². The van der Waals surface area contributed by atoms with Gasteiger partial charge in [0.15, 0.2) is 6.29 Å². The molecule has 0 aliphatic rings. The SMILES string of the molecule is O=Cc1onc2cc(Br)ccc12. The van der Waals surface area contributed by atoms with Crippen LogP contribution in [-0.4, -0.2) is 11.4 Å². The van der Waals surface area contributed by atoms with E-state index < -0.39 is 0 Å². The fourth-order valence-electron chi connectivity index (χ4n) is 1.02. The number of fused-ring (bicyclic) bond motifs is 1. The number of hydrogen-bond acceptors (Lipinski definition) is 3. The topological polar surface area (TPSA) is 43.1 Å². The van der Waals surface area contributed by atoms with Gasteiger partial charge in [0.25, 0.3) is 0 Å². The number of halogens is 1. The third-order valence-corrected chi connectivity index (χ3v) is 2.07. The molecular weight excluding hydrogens is 222 g/mol. The minimum atomic E-state index is 0.275. The number of rotatable bonds is 1. The van der Waals surface area contributed by atoms with Crippen LogP contribution in [0, 0.1) is 0 Å². The zero-order chi connectivity index (χ0) is 8.55. The average molecular weight is 226 g/mol. The summed E-state index contributed by atoms with van der Waals surface area (Å²) >= 11 is 3.29. The van der Waals surface area contributed by atoms with Gasteiger partial charge in [0.2, 0.25) is 5.76 Å². The van der Waals surface area contributed by atoms with Crippen LogP contribution in [0.5, 0.6) is 0 Å². The van der Waals surface area contributed by atoms with Gasteiger partial charge in [-0.3, -0.25) is 4.79 Å². The molecule has 1 heterocycles. The molecule has 0 amide bonds. The molecule has 2 rings (SSSR count). The van der Waals surface area contributed by atoms with Gasteiger partial charge in [0.05, 0.1) is 5.39 Å². The maximum Gasteiger partial charge on any atom is 0.207 e. The van der Waals surface area contributed by atoms with Gasteiger partial charge in [-0.1, -0.05) is 21.1 Å². The number of hydrogen-bond donors (Lipinski definition) is 0. The molecule has 0 radical (unpaired) electrons. The summed E-state index contributed by atoms with van der Waals surface area (Å²) in [6, 6.07) is 5.43. The molecule has 12 heavy (non-hydrogen) atoms. The van der Waals surface area contributed by atoms with Crippen molar-refractivity contribution >= 4 is 33.1 Å². The van der Waals surface area contributed by atoms with Crippen LogP contribution in [0.4, 0.5) is 0 Å². The van der Waals surface area contributed by atoms with Crippen molar-refractivity contribution < 1.29 is 9.32 Å². The maximum atomic E-state index is 10.4. The highest BCUT2D eigenvalue weighted by Crippen LogP contribution is 2.20. The van der Waals surface area contributed by atoms with Gasteiger partial charge in [0, 0.05) is 4.47 Å². The van der Waals surface area contributed by atoms with Crippen molar-refractivity contribution in [2.24, 2.45) is 0 Å². The number of benzene rings is 1. The average Bonchev–Trinajstić information content (AvgIpc) is 2.46. The lowest BCUT2D eigenvalue weighted by Gasteiger charge is -1.87. The number of nitrogens with zero attached hydrogens (tertiary/aromatic N) is 1. The fraction of sp³-hybridized carbons (Fsp3) is 0. The molecule has 0 saturated heterocycles. The summed E-state index contributed by atoms with van der Waals surface area (Å²) < 4.78 is 5.70. The van der Waals surface area contributed by atoms with Crippen molar-refractivity contribution in [3.63, 3.8) is 0 Å². The summed E-state index contributed by atoms with van der Waals surface area (Å²) in [5, 5.41) is 4.46. The number of aldehydes is 1. The van der Waals surface area contributed by atoms with Crippen molar-refractivity contribution in [1.82, 2.24) is 5.16 Å². The summed E-state index contributed by atoms with van der Waals surface area (Å²) in [7, 11) is 0. The first-order valence-electron chi connectivity index (χ1n) is 3.31. The number of carbonyl (C=O) groups excluding carboxylic acids is 1. The van der Waals surface area contributed by atoms with E-state index >= 15 is 0 Å². The Morgan fingerprint density at radius 1 is 1.50 bits per heavy atom. The van der Waals surface area contributed by atoms with E-state index in [1.807, 2.05) is 6.07 Å². The maximum absolute atomic E-state index is 10.4. The Labute approximate surface area is 76.5 Å². The first kappa shape index (κ1) is 7.49. The van der Waals surface area contributed by atoms with Crippen LogP contribution in [0.15, 0.2) is 27.2 Å². The highest BCUT2D eigenvalue weighted by atomic mass is 79.9. The first-order chi connectivity index (χ1) is 5.81. The molecule has 0 aliphatic carbocycles. The zero-order valence-electron chi connectivity index (χ0n) is 5.95. The molecule has 60 valence electrons. The van der Waals surface area contributed by atoms with E-state index in [2.05, 4.69) is 21.1 Å².